The molecule has 0 aliphatic rings. The number of imidazole rings is 1. The molecule has 3 rings (SSSR count). The van der Waals surface area contributed by atoms with Crippen LogP contribution in [0.5, 0.6) is 5.75 Å². The van der Waals surface area contributed by atoms with Gasteiger partial charge in [0.1, 0.15) is 11.6 Å². The van der Waals surface area contributed by atoms with Crippen LogP contribution >= 0.6 is 11.6 Å². The average molecular weight is 287 g/mol. The number of phenolic OH excluding ortho intramolecular Hbond substituents is 1. The van der Waals surface area contributed by atoms with Crippen molar-refractivity contribution < 1.29 is 5.11 Å². The molecule has 102 valence electrons. The molecule has 20 heavy (non-hydrogen) atoms. The number of aromatic hydroxyl groups is 1. The highest BCUT2D eigenvalue weighted by Gasteiger charge is 2.14. The lowest BCUT2D eigenvalue weighted by molar-refractivity contribution is 0.475. The van der Waals surface area contributed by atoms with Gasteiger partial charge in [-0.3, -0.25) is 0 Å². The summed E-state index contributed by atoms with van der Waals surface area (Å²) in [6.07, 6.45) is 1.00. The summed E-state index contributed by atoms with van der Waals surface area (Å²) in [6, 6.07) is 13.0. The molecule has 0 spiro atoms. The molecule has 0 bridgehead atoms. The Bertz CT molecular complexity index is 764. The van der Waals surface area contributed by atoms with Gasteiger partial charge in [0.25, 0.3) is 0 Å². The molecule has 0 aliphatic heterocycles. The first-order chi connectivity index (χ1) is 9.70. The molecule has 0 unspecified atom stereocenters. The lowest BCUT2D eigenvalue weighted by atomic mass is 10.2. The number of halogens is 1. The van der Waals surface area contributed by atoms with E-state index in [4.69, 9.17) is 11.6 Å². The van der Waals surface area contributed by atoms with E-state index in [1.807, 2.05) is 18.2 Å². The van der Waals surface area contributed by atoms with Crippen LogP contribution in [0.1, 0.15) is 13.3 Å². The second-order valence-electron chi connectivity index (χ2n) is 4.74. The van der Waals surface area contributed by atoms with E-state index < -0.39 is 0 Å². The van der Waals surface area contributed by atoms with Crippen molar-refractivity contribution in [3.05, 3.63) is 47.5 Å². The summed E-state index contributed by atoms with van der Waals surface area (Å²) in [6.45, 7) is 2.99. The van der Waals surface area contributed by atoms with Crippen molar-refractivity contribution in [1.29, 1.82) is 0 Å². The Balaban J connectivity index is 2.29. The van der Waals surface area contributed by atoms with Gasteiger partial charge in [0.2, 0.25) is 0 Å². The SMILES string of the molecule is CCCn1c(-c2cc(O)ccc2Cl)nc2ccccc21. The summed E-state index contributed by atoms with van der Waals surface area (Å²) in [5.41, 5.74) is 2.79. The molecule has 3 nitrogen and oxygen atoms in total. The first kappa shape index (κ1) is 13.0. The molecule has 0 saturated heterocycles. The van der Waals surface area contributed by atoms with Crippen LogP contribution in [0.25, 0.3) is 22.4 Å². The zero-order valence-corrected chi connectivity index (χ0v) is 11.9. The van der Waals surface area contributed by atoms with Gasteiger partial charge in [-0.15, -0.1) is 0 Å². The fourth-order valence-corrected chi connectivity index (χ4v) is 2.62. The summed E-state index contributed by atoms with van der Waals surface area (Å²) in [7, 11) is 0. The van der Waals surface area contributed by atoms with Crippen molar-refractivity contribution in [2.24, 2.45) is 0 Å². The Kier molecular flexibility index (Phi) is 3.36. The number of hydrogen-bond acceptors (Lipinski definition) is 2. The van der Waals surface area contributed by atoms with Gasteiger partial charge in [-0.1, -0.05) is 30.7 Å². The standard InChI is InChI=1S/C16H15ClN2O/c1-2-9-19-15-6-4-3-5-14(15)18-16(19)12-10-11(20)7-8-13(12)17/h3-8,10,20H,2,9H2,1H3. The van der Waals surface area contributed by atoms with Crippen molar-refractivity contribution in [3.63, 3.8) is 0 Å². The van der Waals surface area contributed by atoms with Gasteiger partial charge in [0.15, 0.2) is 0 Å². The fraction of sp³-hybridized carbons (Fsp3) is 0.188. The van der Waals surface area contributed by atoms with Crippen LogP contribution in [-0.2, 0) is 6.54 Å². The molecule has 4 heteroatoms. The molecule has 1 heterocycles. The monoisotopic (exact) mass is 286 g/mol. The van der Waals surface area contributed by atoms with Crippen LogP contribution in [0, 0.1) is 0 Å². The molecule has 0 aliphatic carbocycles. The number of benzene rings is 2. The molecule has 0 fully saturated rings. The first-order valence-electron chi connectivity index (χ1n) is 6.65. The Morgan fingerprint density at radius 3 is 2.80 bits per heavy atom. The van der Waals surface area contributed by atoms with E-state index in [1.165, 1.54) is 0 Å². The summed E-state index contributed by atoms with van der Waals surface area (Å²) in [4.78, 5) is 4.67. The smallest absolute Gasteiger partial charge is 0.142 e. The average Bonchev–Trinajstić information content (AvgIpc) is 2.81. The number of aryl methyl sites for hydroxylation is 1. The summed E-state index contributed by atoms with van der Waals surface area (Å²) >= 11 is 6.27. The van der Waals surface area contributed by atoms with Crippen molar-refractivity contribution in [2.75, 3.05) is 0 Å². The zero-order valence-electron chi connectivity index (χ0n) is 11.2. The topological polar surface area (TPSA) is 38.0 Å². The third-order valence-electron chi connectivity index (χ3n) is 3.29. The largest absolute Gasteiger partial charge is 0.508 e. The summed E-state index contributed by atoms with van der Waals surface area (Å²) in [5, 5.41) is 10.3. The van der Waals surface area contributed by atoms with Gasteiger partial charge in [0, 0.05) is 12.1 Å². The van der Waals surface area contributed by atoms with Gasteiger partial charge in [0.05, 0.1) is 16.1 Å². The van der Waals surface area contributed by atoms with Crippen LogP contribution in [0.2, 0.25) is 5.02 Å². The molecular formula is C16H15ClN2O. The number of para-hydroxylation sites is 2. The summed E-state index contributed by atoms with van der Waals surface area (Å²) in [5.74, 6) is 0.994. The van der Waals surface area contributed by atoms with E-state index in [-0.39, 0.29) is 5.75 Å². The van der Waals surface area contributed by atoms with Crippen molar-refractivity contribution in [1.82, 2.24) is 9.55 Å². The van der Waals surface area contributed by atoms with E-state index in [2.05, 4.69) is 22.5 Å². The molecular weight excluding hydrogens is 272 g/mol. The molecule has 0 radical (unpaired) electrons. The van der Waals surface area contributed by atoms with Crippen LogP contribution in [-0.4, -0.2) is 14.7 Å². The zero-order chi connectivity index (χ0) is 14.1. The van der Waals surface area contributed by atoms with Gasteiger partial charge in [-0.05, 0) is 36.8 Å². The van der Waals surface area contributed by atoms with Crippen molar-refractivity contribution in [3.8, 4) is 17.1 Å². The third kappa shape index (κ3) is 2.14. The molecule has 0 atom stereocenters. The highest BCUT2D eigenvalue weighted by molar-refractivity contribution is 6.33. The number of hydrogen-bond donors (Lipinski definition) is 1. The van der Waals surface area contributed by atoms with Crippen LogP contribution < -0.4 is 0 Å². The molecule has 0 saturated carbocycles. The highest BCUT2D eigenvalue weighted by atomic mass is 35.5. The molecule has 1 aromatic heterocycles. The van der Waals surface area contributed by atoms with Crippen molar-refractivity contribution >= 4 is 22.6 Å². The predicted octanol–water partition coefficient (Wildman–Crippen LogP) is 4.47. The lowest BCUT2D eigenvalue weighted by Crippen LogP contribution is -2.00. The van der Waals surface area contributed by atoms with Crippen LogP contribution in [0.4, 0.5) is 0 Å². The Labute approximate surface area is 122 Å². The van der Waals surface area contributed by atoms with Gasteiger partial charge in [-0.2, -0.15) is 0 Å². The van der Waals surface area contributed by atoms with Gasteiger partial charge in [-0.25, -0.2) is 4.98 Å². The number of rotatable bonds is 3. The Morgan fingerprint density at radius 1 is 1.20 bits per heavy atom. The van der Waals surface area contributed by atoms with Gasteiger partial charge < -0.3 is 9.67 Å². The maximum absolute atomic E-state index is 9.70. The number of aromatic nitrogens is 2. The lowest BCUT2D eigenvalue weighted by Gasteiger charge is -2.09. The van der Waals surface area contributed by atoms with Crippen LogP contribution in [0.3, 0.4) is 0 Å². The third-order valence-corrected chi connectivity index (χ3v) is 3.62. The van der Waals surface area contributed by atoms with Crippen LogP contribution in [0.15, 0.2) is 42.5 Å². The maximum atomic E-state index is 9.70. The van der Waals surface area contributed by atoms with E-state index >= 15 is 0 Å². The number of phenols is 1. The molecule has 3 aromatic rings. The minimum Gasteiger partial charge on any atom is -0.508 e. The van der Waals surface area contributed by atoms with Gasteiger partial charge >= 0.3 is 0 Å². The maximum Gasteiger partial charge on any atom is 0.142 e. The summed E-state index contributed by atoms with van der Waals surface area (Å²) < 4.78 is 2.15. The molecule has 0 amide bonds. The van der Waals surface area contributed by atoms with E-state index in [1.54, 1.807) is 18.2 Å². The molecule has 1 N–H and O–H groups in total. The Morgan fingerprint density at radius 2 is 2.00 bits per heavy atom. The number of nitrogens with zero attached hydrogens (tertiary/aromatic N) is 2. The quantitative estimate of drug-likeness (QED) is 0.771. The minimum absolute atomic E-state index is 0.194. The first-order valence-corrected chi connectivity index (χ1v) is 7.02. The number of fused-ring (bicyclic) bond motifs is 1. The van der Waals surface area contributed by atoms with E-state index in [0.29, 0.717) is 5.02 Å². The fourth-order valence-electron chi connectivity index (χ4n) is 2.42. The second kappa shape index (κ2) is 5.17. The molecule has 2 aromatic carbocycles. The van der Waals surface area contributed by atoms with Crippen molar-refractivity contribution in [2.45, 2.75) is 19.9 Å². The normalized spacial score (nSPS) is 11.1. The van der Waals surface area contributed by atoms with E-state index in [9.17, 15) is 5.11 Å². The second-order valence-corrected chi connectivity index (χ2v) is 5.15. The minimum atomic E-state index is 0.194. The van der Waals surface area contributed by atoms with E-state index in [0.717, 1.165) is 35.4 Å². The Hall–Kier alpha value is -2.00. The predicted molar refractivity (Wildman–Crippen MR) is 82.1 cm³/mol. The highest BCUT2D eigenvalue weighted by Crippen LogP contribution is 2.32.